The number of hydrogen-bond donors (Lipinski definition) is 2. The average Bonchev–Trinajstić information content (AvgIpc) is 3.38. The molecule has 3 rings (SSSR count). The van der Waals surface area contributed by atoms with Gasteiger partial charge in [-0.05, 0) is 17.4 Å². The standard InChI is InChI=1S/C19H20N4O2S2/c1-3-12(2)15(20-16(24)14-10-7-11-26-14)17(25)21-19-23-22-18(27-19)13-8-5-4-6-9-13/h4-12,15H,3H2,1-2H3,(H,20,24)(H,21,23,25)/t12-,15+/m1/s1. The second kappa shape index (κ2) is 8.88. The number of thiophene rings is 1. The highest BCUT2D eigenvalue weighted by Crippen LogP contribution is 2.26. The lowest BCUT2D eigenvalue weighted by molar-refractivity contribution is -0.119. The SMILES string of the molecule is CC[C@@H](C)[C@H](NC(=O)c1cccs1)C(=O)Nc1nnc(-c2ccccc2)s1. The highest BCUT2D eigenvalue weighted by Gasteiger charge is 2.27. The third-order valence-corrected chi connectivity index (χ3v) is 5.96. The molecule has 0 saturated carbocycles. The molecule has 0 aliphatic rings. The van der Waals surface area contributed by atoms with Crippen LogP contribution in [0.1, 0.15) is 29.9 Å². The van der Waals surface area contributed by atoms with E-state index in [1.54, 1.807) is 6.07 Å². The van der Waals surface area contributed by atoms with Crippen molar-refractivity contribution in [3.8, 4) is 10.6 Å². The summed E-state index contributed by atoms with van der Waals surface area (Å²) in [7, 11) is 0. The molecule has 0 radical (unpaired) electrons. The smallest absolute Gasteiger partial charge is 0.262 e. The Labute approximate surface area is 165 Å². The Hall–Kier alpha value is -2.58. The summed E-state index contributed by atoms with van der Waals surface area (Å²) in [5.74, 6) is -0.548. The van der Waals surface area contributed by atoms with Gasteiger partial charge in [0.2, 0.25) is 11.0 Å². The van der Waals surface area contributed by atoms with Gasteiger partial charge in [0.25, 0.3) is 5.91 Å². The van der Waals surface area contributed by atoms with Crippen LogP contribution in [0, 0.1) is 5.92 Å². The third kappa shape index (κ3) is 4.78. The first-order chi connectivity index (χ1) is 13.1. The third-order valence-electron chi connectivity index (χ3n) is 4.20. The molecule has 0 bridgehead atoms. The van der Waals surface area contributed by atoms with Crippen molar-refractivity contribution in [1.82, 2.24) is 15.5 Å². The van der Waals surface area contributed by atoms with E-state index in [0.29, 0.717) is 10.0 Å². The van der Waals surface area contributed by atoms with E-state index in [0.717, 1.165) is 17.0 Å². The molecule has 8 heteroatoms. The lowest BCUT2D eigenvalue weighted by atomic mass is 9.98. The van der Waals surface area contributed by atoms with Gasteiger partial charge in [0.15, 0.2) is 0 Å². The maximum absolute atomic E-state index is 12.8. The van der Waals surface area contributed by atoms with Crippen molar-refractivity contribution in [1.29, 1.82) is 0 Å². The molecule has 3 aromatic rings. The molecule has 2 aromatic heterocycles. The van der Waals surface area contributed by atoms with Crippen molar-refractivity contribution < 1.29 is 9.59 Å². The highest BCUT2D eigenvalue weighted by molar-refractivity contribution is 7.18. The number of hydrogen-bond acceptors (Lipinski definition) is 6. The molecule has 0 aliphatic carbocycles. The van der Waals surface area contributed by atoms with Crippen molar-refractivity contribution in [3.63, 3.8) is 0 Å². The molecule has 0 saturated heterocycles. The van der Waals surface area contributed by atoms with Crippen LogP contribution in [0.15, 0.2) is 47.8 Å². The number of aromatic nitrogens is 2. The molecule has 0 unspecified atom stereocenters. The minimum Gasteiger partial charge on any atom is -0.339 e. The van der Waals surface area contributed by atoms with Crippen molar-refractivity contribution in [3.05, 3.63) is 52.7 Å². The van der Waals surface area contributed by atoms with Gasteiger partial charge in [-0.2, -0.15) is 0 Å². The van der Waals surface area contributed by atoms with E-state index in [9.17, 15) is 9.59 Å². The van der Waals surface area contributed by atoms with Crippen molar-refractivity contribution in [2.45, 2.75) is 26.3 Å². The number of carbonyl (C=O) groups is 2. The average molecular weight is 401 g/mol. The first-order valence-corrected chi connectivity index (χ1v) is 10.3. The van der Waals surface area contributed by atoms with E-state index in [-0.39, 0.29) is 17.7 Å². The second-order valence-corrected chi connectivity index (χ2v) is 8.01. The molecule has 0 aliphatic heterocycles. The number of nitrogens with one attached hydrogen (secondary N) is 2. The molecular weight excluding hydrogens is 380 g/mol. The summed E-state index contributed by atoms with van der Waals surface area (Å²) in [5.41, 5.74) is 0.944. The molecule has 0 spiro atoms. The van der Waals surface area contributed by atoms with E-state index < -0.39 is 6.04 Å². The van der Waals surface area contributed by atoms with Gasteiger partial charge in [0.1, 0.15) is 11.0 Å². The highest BCUT2D eigenvalue weighted by atomic mass is 32.1. The molecule has 0 fully saturated rings. The van der Waals surface area contributed by atoms with Crippen molar-refractivity contribution in [2.24, 2.45) is 5.92 Å². The summed E-state index contributed by atoms with van der Waals surface area (Å²) >= 11 is 2.65. The first-order valence-electron chi connectivity index (χ1n) is 8.62. The predicted molar refractivity (Wildman–Crippen MR) is 109 cm³/mol. The summed E-state index contributed by atoms with van der Waals surface area (Å²) in [6, 6.07) is 12.6. The number of amides is 2. The van der Waals surface area contributed by atoms with Gasteiger partial charge in [-0.3, -0.25) is 14.9 Å². The maximum Gasteiger partial charge on any atom is 0.262 e. The Kier molecular flexibility index (Phi) is 6.31. The Morgan fingerprint density at radius 1 is 1.11 bits per heavy atom. The van der Waals surface area contributed by atoms with Crippen LogP contribution < -0.4 is 10.6 Å². The number of rotatable bonds is 7. The summed E-state index contributed by atoms with van der Waals surface area (Å²) in [6.45, 7) is 3.93. The Bertz CT molecular complexity index is 894. The van der Waals surface area contributed by atoms with Crippen LogP contribution in [0.3, 0.4) is 0 Å². The number of nitrogens with zero attached hydrogens (tertiary/aromatic N) is 2. The van der Waals surface area contributed by atoms with E-state index in [4.69, 9.17) is 0 Å². The van der Waals surface area contributed by atoms with Crippen LogP contribution in [-0.2, 0) is 4.79 Å². The summed E-state index contributed by atoms with van der Waals surface area (Å²) in [5, 5.41) is 16.8. The number of carbonyl (C=O) groups excluding carboxylic acids is 2. The Morgan fingerprint density at radius 2 is 1.89 bits per heavy atom. The van der Waals surface area contributed by atoms with E-state index in [1.807, 2.05) is 55.6 Å². The van der Waals surface area contributed by atoms with Gasteiger partial charge in [-0.15, -0.1) is 21.5 Å². The molecule has 140 valence electrons. The van der Waals surface area contributed by atoms with E-state index in [1.165, 1.54) is 22.7 Å². The minimum absolute atomic E-state index is 0.0181. The van der Waals surface area contributed by atoms with Gasteiger partial charge in [-0.1, -0.05) is 68.0 Å². The van der Waals surface area contributed by atoms with Gasteiger partial charge in [0, 0.05) is 5.56 Å². The quantitative estimate of drug-likeness (QED) is 0.627. The zero-order chi connectivity index (χ0) is 19.2. The molecule has 1 aromatic carbocycles. The molecular formula is C19H20N4O2S2. The largest absolute Gasteiger partial charge is 0.339 e. The molecule has 6 nitrogen and oxygen atoms in total. The van der Waals surface area contributed by atoms with E-state index in [2.05, 4.69) is 20.8 Å². The molecule has 2 amide bonds. The molecule has 2 N–H and O–H groups in total. The molecule has 27 heavy (non-hydrogen) atoms. The maximum atomic E-state index is 12.8. The monoisotopic (exact) mass is 400 g/mol. The number of benzene rings is 1. The van der Waals surface area contributed by atoms with Gasteiger partial charge >= 0.3 is 0 Å². The fourth-order valence-corrected chi connectivity index (χ4v) is 3.86. The zero-order valence-corrected chi connectivity index (χ0v) is 16.6. The van der Waals surface area contributed by atoms with Gasteiger partial charge in [-0.25, -0.2) is 0 Å². The summed E-state index contributed by atoms with van der Waals surface area (Å²) < 4.78 is 0. The van der Waals surface area contributed by atoms with Crippen LogP contribution in [0.5, 0.6) is 0 Å². The van der Waals surface area contributed by atoms with Crippen LogP contribution in [0.4, 0.5) is 5.13 Å². The zero-order valence-electron chi connectivity index (χ0n) is 15.0. The summed E-state index contributed by atoms with van der Waals surface area (Å²) in [4.78, 5) is 25.7. The fraction of sp³-hybridized carbons (Fsp3) is 0.263. The van der Waals surface area contributed by atoms with Gasteiger partial charge in [0.05, 0.1) is 4.88 Å². The molecule has 2 heterocycles. The fourth-order valence-electron chi connectivity index (χ4n) is 2.48. The minimum atomic E-state index is -0.645. The van der Waals surface area contributed by atoms with Crippen molar-refractivity contribution in [2.75, 3.05) is 5.32 Å². The topological polar surface area (TPSA) is 84.0 Å². The first kappa shape index (κ1) is 19.2. The van der Waals surface area contributed by atoms with Crippen molar-refractivity contribution >= 4 is 39.6 Å². The normalized spacial score (nSPS) is 13.0. The lowest BCUT2D eigenvalue weighted by Gasteiger charge is -2.22. The lowest BCUT2D eigenvalue weighted by Crippen LogP contribution is -2.47. The summed E-state index contributed by atoms with van der Waals surface area (Å²) in [6.07, 6.45) is 0.758. The number of anilines is 1. The molecule has 2 atom stereocenters. The van der Waals surface area contributed by atoms with E-state index >= 15 is 0 Å². The predicted octanol–water partition coefficient (Wildman–Crippen LogP) is 4.05. The van der Waals surface area contributed by atoms with Gasteiger partial charge < -0.3 is 5.32 Å². The Balaban J connectivity index is 1.71. The Morgan fingerprint density at radius 3 is 2.56 bits per heavy atom. The van der Waals surface area contributed by atoms with Crippen LogP contribution in [0.25, 0.3) is 10.6 Å². The van der Waals surface area contributed by atoms with Crippen LogP contribution >= 0.6 is 22.7 Å². The van der Waals surface area contributed by atoms with Crippen LogP contribution in [-0.4, -0.2) is 28.1 Å². The van der Waals surface area contributed by atoms with Crippen LogP contribution in [0.2, 0.25) is 0 Å². The second-order valence-electron chi connectivity index (χ2n) is 6.08.